The standard InChI is InChI=1S/C17H23N3O2S/c21-17(18-7-5-14-6-11-23-13-14)19-12-15(16-4-3-10-22-16)20-8-1-2-9-20/h3-4,6,10-11,13,15H,1-2,5,7-9,12H2,(H2,18,19,21)/t15-/m0/s1. The van der Waals surface area contributed by atoms with Crippen LogP contribution in [0.5, 0.6) is 0 Å². The van der Waals surface area contributed by atoms with E-state index in [2.05, 4.69) is 32.4 Å². The molecule has 0 aromatic carbocycles. The van der Waals surface area contributed by atoms with E-state index in [0.717, 1.165) is 25.3 Å². The highest BCUT2D eigenvalue weighted by molar-refractivity contribution is 7.07. The van der Waals surface area contributed by atoms with E-state index >= 15 is 0 Å². The summed E-state index contributed by atoms with van der Waals surface area (Å²) in [6.07, 6.45) is 4.98. The highest BCUT2D eigenvalue weighted by Crippen LogP contribution is 2.24. The lowest BCUT2D eigenvalue weighted by Crippen LogP contribution is -2.42. The first-order chi connectivity index (χ1) is 11.3. The minimum Gasteiger partial charge on any atom is -0.468 e. The van der Waals surface area contributed by atoms with Gasteiger partial charge in [0.2, 0.25) is 0 Å². The lowest BCUT2D eigenvalue weighted by Gasteiger charge is -2.26. The molecule has 0 saturated carbocycles. The molecule has 0 spiro atoms. The summed E-state index contributed by atoms with van der Waals surface area (Å²) >= 11 is 1.68. The second kappa shape index (κ2) is 8.17. The summed E-state index contributed by atoms with van der Waals surface area (Å²) in [4.78, 5) is 14.4. The van der Waals surface area contributed by atoms with Crippen LogP contribution >= 0.6 is 11.3 Å². The number of hydrogen-bond donors (Lipinski definition) is 2. The van der Waals surface area contributed by atoms with Crippen molar-refractivity contribution in [3.05, 3.63) is 46.5 Å². The molecule has 0 bridgehead atoms. The van der Waals surface area contributed by atoms with Crippen molar-refractivity contribution in [2.75, 3.05) is 26.2 Å². The number of urea groups is 1. The maximum absolute atomic E-state index is 12.0. The number of nitrogens with zero attached hydrogens (tertiary/aromatic N) is 1. The largest absolute Gasteiger partial charge is 0.468 e. The maximum Gasteiger partial charge on any atom is 0.314 e. The SMILES string of the molecule is O=C(NCCc1ccsc1)NC[C@@H](c1ccco1)N1CCCC1. The van der Waals surface area contributed by atoms with E-state index < -0.39 is 0 Å². The van der Waals surface area contributed by atoms with Crippen LogP contribution in [0, 0.1) is 0 Å². The van der Waals surface area contributed by atoms with Gasteiger partial charge in [0.05, 0.1) is 12.3 Å². The molecular weight excluding hydrogens is 310 g/mol. The molecule has 1 aliphatic rings. The van der Waals surface area contributed by atoms with Gasteiger partial charge in [0.1, 0.15) is 5.76 Å². The van der Waals surface area contributed by atoms with Gasteiger partial charge in [-0.3, -0.25) is 4.90 Å². The van der Waals surface area contributed by atoms with Crippen molar-refractivity contribution in [1.29, 1.82) is 0 Å². The summed E-state index contributed by atoms with van der Waals surface area (Å²) < 4.78 is 5.56. The smallest absolute Gasteiger partial charge is 0.314 e. The summed E-state index contributed by atoms with van der Waals surface area (Å²) in [7, 11) is 0. The molecule has 2 aromatic heterocycles. The molecule has 1 atom stereocenters. The normalized spacial score (nSPS) is 16.3. The van der Waals surface area contributed by atoms with Gasteiger partial charge in [-0.25, -0.2) is 4.79 Å². The lowest BCUT2D eigenvalue weighted by molar-refractivity contribution is 0.203. The highest BCUT2D eigenvalue weighted by Gasteiger charge is 2.25. The molecule has 23 heavy (non-hydrogen) atoms. The Morgan fingerprint density at radius 1 is 1.30 bits per heavy atom. The molecule has 0 unspecified atom stereocenters. The molecular formula is C17H23N3O2S. The summed E-state index contributed by atoms with van der Waals surface area (Å²) in [5.41, 5.74) is 1.26. The Kier molecular flexibility index (Phi) is 5.71. The first-order valence-corrected chi connectivity index (χ1v) is 9.07. The van der Waals surface area contributed by atoms with Gasteiger partial charge >= 0.3 is 6.03 Å². The minimum absolute atomic E-state index is 0.115. The number of thiophene rings is 1. The van der Waals surface area contributed by atoms with E-state index in [4.69, 9.17) is 4.42 Å². The number of furan rings is 1. The van der Waals surface area contributed by atoms with Crippen LogP contribution in [0.2, 0.25) is 0 Å². The number of carbonyl (C=O) groups excluding carboxylic acids is 1. The number of nitrogens with one attached hydrogen (secondary N) is 2. The van der Waals surface area contributed by atoms with Gasteiger partial charge in [-0.1, -0.05) is 0 Å². The van der Waals surface area contributed by atoms with Gasteiger partial charge in [0, 0.05) is 13.1 Å². The van der Waals surface area contributed by atoms with Crippen molar-refractivity contribution >= 4 is 17.4 Å². The van der Waals surface area contributed by atoms with Gasteiger partial charge in [0.25, 0.3) is 0 Å². The van der Waals surface area contributed by atoms with E-state index in [1.54, 1.807) is 17.6 Å². The van der Waals surface area contributed by atoms with E-state index in [1.807, 2.05) is 12.1 Å². The van der Waals surface area contributed by atoms with Crippen molar-refractivity contribution in [3.8, 4) is 0 Å². The van der Waals surface area contributed by atoms with Crippen LogP contribution in [0.1, 0.15) is 30.2 Å². The van der Waals surface area contributed by atoms with Crippen molar-refractivity contribution in [2.24, 2.45) is 0 Å². The topological polar surface area (TPSA) is 57.5 Å². The fourth-order valence-corrected chi connectivity index (χ4v) is 3.65. The van der Waals surface area contributed by atoms with Crippen LogP contribution in [0.25, 0.3) is 0 Å². The summed E-state index contributed by atoms with van der Waals surface area (Å²) in [5.74, 6) is 0.922. The predicted octanol–water partition coefficient (Wildman–Crippen LogP) is 3.02. The zero-order valence-corrected chi connectivity index (χ0v) is 14.0. The van der Waals surface area contributed by atoms with Crippen LogP contribution in [0.4, 0.5) is 4.79 Å². The Morgan fingerprint density at radius 2 is 2.17 bits per heavy atom. The molecule has 6 heteroatoms. The Bertz CT molecular complexity index is 577. The quantitative estimate of drug-likeness (QED) is 0.819. The number of hydrogen-bond acceptors (Lipinski definition) is 4. The number of amides is 2. The third-order valence-electron chi connectivity index (χ3n) is 4.19. The molecule has 3 rings (SSSR count). The van der Waals surface area contributed by atoms with E-state index in [-0.39, 0.29) is 12.1 Å². The van der Waals surface area contributed by atoms with Crippen LogP contribution in [0.3, 0.4) is 0 Å². The second-order valence-electron chi connectivity index (χ2n) is 5.79. The van der Waals surface area contributed by atoms with E-state index in [1.165, 1.54) is 18.4 Å². The van der Waals surface area contributed by atoms with Gasteiger partial charge in [-0.05, 0) is 66.9 Å². The Balaban J connectivity index is 1.45. The average molecular weight is 333 g/mol. The molecule has 0 aliphatic carbocycles. The number of carbonyl (C=O) groups is 1. The Labute approximate surface area is 140 Å². The molecule has 0 radical (unpaired) electrons. The van der Waals surface area contributed by atoms with Crippen molar-refractivity contribution in [2.45, 2.75) is 25.3 Å². The molecule has 124 valence electrons. The number of likely N-dealkylation sites (tertiary alicyclic amines) is 1. The average Bonchev–Trinajstić information content (AvgIpc) is 3.31. The second-order valence-corrected chi connectivity index (χ2v) is 6.57. The van der Waals surface area contributed by atoms with Crippen LogP contribution in [0.15, 0.2) is 39.6 Å². The van der Waals surface area contributed by atoms with Crippen LogP contribution in [-0.4, -0.2) is 37.1 Å². The Hall–Kier alpha value is -1.79. The van der Waals surface area contributed by atoms with Crippen molar-refractivity contribution < 1.29 is 9.21 Å². The number of rotatable bonds is 7. The third kappa shape index (κ3) is 4.59. The Morgan fingerprint density at radius 3 is 2.87 bits per heavy atom. The molecule has 2 amide bonds. The first kappa shape index (κ1) is 16.1. The van der Waals surface area contributed by atoms with Crippen LogP contribution in [-0.2, 0) is 6.42 Å². The van der Waals surface area contributed by atoms with Gasteiger partial charge in [0.15, 0.2) is 0 Å². The monoisotopic (exact) mass is 333 g/mol. The molecule has 3 heterocycles. The van der Waals surface area contributed by atoms with Gasteiger partial charge in [-0.15, -0.1) is 0 Å². The zero-order valence-electron chi connectivity index (χ0n) is 13.2. The highest BCUT2D eigenvalue weighted by atomic mass is 32.1. The third-order valence-corrected chi connectivity index (χ3v) is 4.92. The fourth-order valence-electron chi connectivity index (χ4n) is 2.95. The summed E-state index contributed by atoms with van der Waals surface area (Å²) in [6.45, 7) is 3.34. The molecule has 1 saturated heterocycles. The van der Waals surface area contributed by atoms with E-state index in [0.29, 0.717) is 13.1 Å². The summed E-state index contributed by atoms with van der Waals surface area (Å²) in [6, 6.07) is 5.98. The van der Waals surface area contributed by atoms with Crippen LogP contribution < -0.4 is 10.6 Å². The first-order valence-electron chi connectivity index (χ1n) is 8.13. The summed E-state index contributed by atoms with van der Waals surface area (Å²) in [5, 5.41) is 10.1. The van der Waals surface area contributed by atoms with Crippen molar-refractivity contribution in [1.82, 2.24) is 15.5 Å². The molecule has 2 aromatic rings. The van der Waals surface area contributed by atoms with Gasteiger partial charge < -0.3 is 15.1 Å². The molecule has 1 fully saturated rings. The zero-order chi connectivity index (χ0) is 15.9. The van der Waals surface area contributed by atoms with E-state index in [9.17, 15) is 4.79 Å². The molecule has 2 N–H and O–H groups in total. The molecule has 1 aliphatic heterocycles. The van der Waals surface area contributed by atoms with Crippen molar-refractivity contribution in [3.63, 3.8) is 0 Å². The fraction of sp³-hybridized carbons (Fsp3) is 0.471. The van der Waals surface area contributed by atoms with Gasteiger partial charge in [-0.2, -0.15) is 11.3 Å². The minimum atomic E-state index is -0.115. The predicted molar refractivity (Wildman–Crippen MR) is 91.7 cm³/mol. The maximum atomic E-state index is 12.0. The lowest BCUT2D eigenvalue weighted by atomic mass is 10.2. The molecule has 5 nitrogen and oxygen atoms in total.